The van der Waals surface area contributed by atoms with Gasteiger partial charge in [0.05, 0.1) is 17.3 Å². The molecule has 0 saturated heterocycles. The topological polar surface area (TPSA) is 30.8 Å². The van der Waals surface area contributed by atoms with Crippen LogP contribution >= 0.6 is 39.1 Å². The summed E-state index contributed by atoms with van der Waals surface area (Å²) in [5.41, 5.74) is 5.09. The minimum Gasteiger partial charge on any atom is -0.493 e. The van der Waals surface area contributed by atoms with Crippen molar-refractivity contribution in [2.45, 2.75) is 20.5 Å². The lowest BCUT2D eigenvalue weighted by molar-refractivity contribution is 0.282. The third-order valence-corrected chi connectivity index (χ3v) is 5.67. The number of nitrogens with zero attached hydrogens (tertiary/aromatic N) is 1. The molecule has 0 bridgehead atoms. The molecular weight excluding hydrogens is 473 g/mol. The molecule has 6 heteroatoms. The molecule has 0 radical (unpaired) electrons. The Labute approximate surface area is 189 Å². The summed E-state index contributed by atoms with van der Waals surface area (Å²) in [7, 11) is 1.61. The normalized spacial score (nSPS) is 11.1. The van der Waals surface area contributed by atoms with Gasteiger partial charge in [0.15, 0.2) is 11.5 Å². The van der Waals surface area contributed by atoms with E-state index >= 15 is 0 Å². The lowest BCUT2D eigenvalue weighted by Gasteiger charge is -2.14. The van der Waals surface area contributed by atoms with E-state index in [4.69, 9.17) is 32.7 Å². The van der Waals surface area contributed by atoms with Crippen LogP contribution in [0.5, 0.6) is 11.5 Å². The third-order valence-electron chi connectivity index (χ3n) is 4.49. The maximum Gasteiger partial charge on any atom is 0.175 e. The fraction of sp³-hybridized carbons (Fsp3) is 0.174. The van der Waals surface area contributed by atoms with Gasteiger partial charge >= 0.3 is 0 Å². The molecule has 29 heavy (non-hydrogen) atoms. The van der Waals surface area contributed by atoms with E-state index in [1.54, 1.807) is 25.5 Å². The lowest BCUT2D eigenvalue weighted by Crippen LogP contribution is -2.00. The van der Waals surface area contributed by atoms with Crippen LogP contribution in [0, 0.1) is 13.8 Å². The Balaban J connectivity index is 1.81. The minimum absolute atomic E-state index is 0.293. The van der Waals surface area contributed by atoms with Gasteiger partial charge < -0.3 is 9.47 Å². The number of hydrogen-bond acceptors (Lipinski definition) is 3. The zero-order valence-corrected chi connectivity index (χ0v) is 19.4. The molecule has 0 N–H and O–H groups in total. The molecule has 3 rings (SSSR count). The number of hydrogen-bond donors (Lipinski definition) is 0. The van der Waals surface area contributed by atoms with Gasteiger partial charge in [-0.25, -0.2) is 0 Å². The van der Waals surface area contributed by atoms with E-state index in [0.29, 0.717) is 28.2 Å². The first-order valence-corrected chi connectivity index (χ1v) is 10.5. The first-order chi connectivity index (χ1) is 13.9. The summed E-state index contributed by atoms with van der Waals surface area (Å²) in [6, 6.07) is 15.3. The van der Waals surface area contributed by atoms with Crippen molar-refractivity contribution in [3.63, 3.8) is 0 Å². The molecule has 3 aromatic carbocycles. The van der Waals surface area contributed by atoms with Crippen molar-refractivity contribution in [2.75, 3.05) is 7.11 Å². The van der Waals surface area contributed by atoms with Gasteiger partial charge in [-0.1, -0.05) is 35.3 Å². The number of benzene rings is 3. The van der Waals surface area contributed by atoms with Crippen LogP contribution in [-0.4, -0.2) is 13.3 Å². The zero-order chi connectivity index (χ0) is 21.0. The number of methoxy groups -OCH3 is 1. The summed E-state index contributed by atoms with van der Waals surface area (Å²) < 4.78 is 12.3. The van der Waals surface area contributed by atoms with Crippen LogP contribution in [0.1, 0.15) is 22.3 Å². The molecule has 0 saturated carbocycles. The van der Waals surface area contributed by atoms with Crippen LogP contribution in [0.4, 0.5) is 5.69 Å². The molecular formula is C23H20BrCl2NO2. The molecule has 3 aromatic rings. The predicted molar refractivity (Wildman–Crippen MR) is 125 cm³/mol. The molecule has 0 amide bonds. The molecule has 0 atom stereocenters. The molecule has 0 fully saturated rings. The highest BCUT2D eigenvalue weighted by Crippen LogP contribution is 2.37. The second-order valence-corrected chi connectivity index (χ2v) is 8.28. The van der Waals surface area contributed by atoms with Gasteiger partial charge in [0.25, 0.3) is 0 Å². The summed E-state index contributed by atoms with van der Waals surface area (Å²) in [6.07, 6.45) is 1.80. The molecule has 3 nitrogen and oxygen atoms in total. The van der Waals surface area contributed by atoms with Gasteiger partial charge in [-0.3, -0.25) is 4.99 Å². The summed E-state index contributed by atoms with van der Waals surface area (Å²) in [6.45, 7) is 4.45. The van der Waals surface area contributed by atoms with E-state index in [9.17, 15) is 0 Å². The van der Waals surface area contributed by atoms with Crippen LogP contribution < -0.4 is 9.47 Å². The zero-order valence-electron chi connectivity index (χ0n) is 16.3. The summed E-state index contributed by atoms with van der Waals surface area (Å²) in [5, 5.41) is 1.15. The Morgan fingerprint density at radius 3 is 2.48 bits per heavy atom. The van der Waals surface area contributed by atoms with Crippen LogP contribution in [0.15, 0.2) is 58.0 Å². The summed E-state index contributed by atoms with van der Waals surface area (Å²) >= 11 is 15.7. The first-order valence-electron chi connectivity index (χ1n) is 8.93. The Hall–Kier alpha value is -2.01. The SMILES string of the molecule is COc1cc(C=Nc2ccc(C)c(C)c2)cc(Br)c1OCc1ccc(Cl)cc1Cl. The van der Waals surface area contributed by atoms with E-state index in [-0.39, 0.29) is 0 Å². The Bertz CT molecular complexity index is 1070. The average Bonchev–Trinajstić information content (AvgIpc) is 2.69. The van der Waals surface area contributed by atoms with Crippen molar-refractivity contribution in [3.8, 4) is 11.5 Å². The monoisotopic (exact) mass is 491 g/mol. The van der Waals surface area contributed by atoms with E-state index in [0.717, 1.165) is 21.3 Å². The van der Waals surface area contributed by atoms with E-state index in [2.05, 4.69) is 46.9 Å². The van der Waals surface area contributed by atoms with Crippen LogP contribution in [-0.2, 0) is 6.61 Å². The predicted octanol–water partition coefficient (Wildman–Crippen LogP) is 7.71. The van der Waals surface area contributed by atoms with Crippen molar-refractivity contribution in [1.29, 1.82) is 0 Å². The largest absolute Gasteiger partial charge is 0.493 e. The molecule has 0 aliphatic rings. The Morgan fingerprint density at radius 1 is 1.00 bits per heavy atom. The lowest BCUT2D eigenvalue weighted by atomic mass is 10.1. The van der Waals surface area contributed by atoms with Crippen molar-refractivity contribution >= 4 is 51.0 Å². The van der Waals surface area contributed by atoms with Gasteiger partial charge in [0.1, 0.15) is 6.61 Å². The first kappa shape index (κ1) is 21.7. The number of halogens is 3. The van der Waals surface area contributed by atoms with E-state index in [1.165, 1.54) is 11.1 Å². The van der Waals surface area contributed by atoms with Crippen LogP contribution in [0.2, 0.25) is 10.0 Å². The Morgan fingerprint density at radius 2 is 1.79 bits per heavy atom. The number of aryl methyl sites for hydroxylation is 2. The van der Waals surface area contributed by atoms with Gasteiger partial charge in [-0.05, 0) is 82.9 Å². The molecule has 0 heterocycles. The van der Waals surface area contributed by atoms with E-state index < -0.39 is 0 Å². The summed E-state index contributed by atoms with van der Waals surface area (Å²) in [4.78, 5) is 4.57. The quantitative estimate of drug-likeness (QED) is 0.330. The highest BCUT2D eigenvalue weighted by Gasteiger charge is 2.12. The second kappa shape index (κ2) is 9.66. The molecule has 0 aromatic heterocycles. The number of ether oxygens (including phenoxy) is 2. The molecule has 150 valence electrons. The van der Waals surface area contributed by atoms with Gasteiger partial charge in [0.2, 0.25) is 0 Å². The van der Waals surface area contributed by atoms with Crippen molar-refractivity contribution in [3.05, 3.63) is 85.3 Å². The maximum absolute atomic E-state index is 6.23. The fourth-order valence-corrected chi connectivity index (χ4v) is 3.74. The smallest absolute Gasteiger partial charge is 0.175 e. The van der Waals surface area contributed by atoms with Crippen LogP contribution in [0.25, 0.3) is 0 Å². The number of rotatable bonds is 6. The molecule has 0 aliphatic heterocycles. The highest BCUT2D eigenvalue weighted by molar-refractivity contribution is 9.10. The Kier molecular flexibility index (Phi) is 7.23. The van der Waals surface area contributed by atoms with Crippen LogP contribution in [0.3, 0.4) is 0 Å². The highest BCUT2D eigenvalue weighted by atomic mass is 79.9. The van der Waals surface area contributed by atoms with E-state index in [1.807, 2.05) is 24.3 Å². The average molecular weight is 493 g/mol. The minimum atomic E-state index is 0.293. The van der Waals surface area contributed by atoms with Crippen molar-refractivity contribution in [1.82, 2.24) is 0 Å². The third kappa shape index (κ3) is 5.53. The van der Waals surface area contributed by atoms with Gasteiger partial charge in [0, 0.05) is 21.8 Å². The number of aliphatic imine (C=N–C) groups is 1. The molecule has 0 unspecified atom stereocenters. The maximum atomic E-state index is 6.23. The second-order valence-electron chi connectivity index (χ2n) is 6.59. The van der Waals surface area contributed by atoms with Gasteiger partial charge in [-0.2, -0.15) is 0 Å². The fourth-order valence-electron chi connectivity index (χ4n) is 2.70. The molecule has 0 aliphatic carbocycles. The van der Waals surface area contributed by atoms with Crippen molar-refractivity contribution < 1.29 is 9.47 Å². The summed E-state index contributed by atoms with van der Waals surface area (Å²) in [5.74, 6) is 1.20. The molecule has 0 spiro atoms. The van der Waals surface area contributed by atoms with Crippen molar-refractivity contribution in [2.24, 2.45) is 4.99 Å². The van der Waals surface area contributed by atoms with Gasteiger partial charge in [-0.15, -0.1) is 0 Å². The standard InChI is InChI=1S/C23H20BrCl2NO2/c1-14-4-7-19(8-15(14)2)27-12-16-9-20(24)23(22(10-16)28-3)29-13-17-5-6-18(25)11-21(17)26/h4-12H,13H2,1-3H3.